The van der Waals surface area contributed by atoms with Gasteiger partial charge in [-0.1, -0.05) is 0 Å². The number of amides is 1. The van der Waals surface area contributed by atoms with Crippen LogP contribution < -0.4 is 9.47 Å². The molecule has 0 saturated carbocycles. The molecule has 10 nitrogen and oxygen atoms in total. The molecule has 0 aliphatic carbocycles. The largest absolute Gasteiger partial charge is 0.497 e. The summed E-state index contributed by atoms with van der Waals surface area (Å²) in [5.41, 5.74) is -0.839. The first-order valence-corrected chi connectivity index (χ1v) is 11.9. The van der Waals surface area contributed by atoms with Gasteiger partial charge in [-0.15, -0.1) is 0 Å². The molecule has 10 heteroatoms. The van der Waals surface area contributed by atoms with Gasteiger partial charge in [0.1, 0.15) is 35.7 Å². The van der Waals surface area contributed by atoms with E-state index in [1.54, 1.807) is 18.9 Å². The molecule has 0 radical (unpaired) electrons. The number of esters is 1. The van der Waals surface area contributed by atoms with Crippen LogP contribution in [0.1, 0.15) is 45.3 Å². The number of likely N-dealkylation sites (tertiary alicyclic amines) is 1. The Hall–Kier alpha value is -2.85. The Labute approximate surface area is 204 Å². The van der Waals surface area contributed by atoms with E-state index in [0.29, 0.717) is 25.1 Å². The molecule has 2 saturated heterocycles. The van der Waals surface area contributed by atoms with Crippen molar-refractivity contribution < 1.29 is 43.2 Å². The summed E-state index contributed by atoms with van der Waals surface area (Å²) in [6, 6.07) is 5.64. The Morgan fingerprint density at radius 2 is 2.00 bits per heavy atom. The molecule has 4 rings (SSSR count). The van der Waals surface area contributed by atoms with E-state index in [0.717, 1.165) is 11.3 Å². The van der Waals surface area contributed by atoms with Crippen molar-refractivity contribution in [2.75, 3.05) is 40.0 Å². The molecule has 1 aromatic carbocycles. The van der Waals surface area contributed by atoms with Crippen molar-refractivity contribution in [2.24, 2.45) is 11.3 Å². The zero-order chi connectivity index (χ0) is 25.4. The van der Waals surface area contributed by atoms with Crippen molar-refractivity contribution in [3.05, 3.63) is 23.8 Å². The fraction of sp³-hybridized carbons (Fsp3) is 0.640. The maximum absolute atomic E-state index is 13.4. The number of hydrogen-bond acceptors (Lipinski definition) is 8. The minimum Gasteiger partial charge on any atom is -0.497 e. The van der Waals surface area contributed by atoms with Gasteiger partial charge in [0.25, 0.3) is 0 Å². The molecule has 4 atom stereocenters. The standard InChI is InChI=1S/C25H33NO9/c1-5-33-23(30)25-11-17-22(16-10-15(31-4)6-7-18(16)35-24(17,2)3)34-19(25)8-9-26(14-25)20(27)12-32-13-21(28)29/h6-7,10,17,19,22H,5,8-9,11-14H2,1-4H3,(H,28,29)/t17-,19-,22+,25-/m0/s1. The van der Waals surface area contributed by atoms with Gasteiger partial charge < -0.3 is 33.7 Å². The van der Waals surface area contributed by atoms with Gasteiger partial charge in [-0.25, -0.2) is 4.79 Å². The third kappa shape index (κ3) is 4.69. The first-order chi connectivity index (χ1) is 16.6. The molecule has 0 bridgehead atoms. The summed E-state index contributed by atoms with van der Waals surface area (Å²) >= 11 is 0. The van der Waals surface area contributed by atoms with Gasteiger partial charge in [0, 0.05) is 24.6 Å². The predicted molar refractivity (Wildman–Crippen MR) is 122 cm³/mol. The number of carboxylic acid groups (broad SMARTS) is 1. The maximum Gasteiger partial charge on any atom is 0.329 e. The van der Waals surface area contributed by atoms with Crippen molar-refractivity contribution in [1.82, 2.24) is 4.90 Å². The van der Waals surface area contributed by atoms with Gasteiger partial charge in [0.05, 0.1) is 25.9 Å². The van der Waals surface area contributed by atoms with Crippen LogP contribution in [0.25, 0.3) is 0 Å². The van der Waals surface area contributed by atoms with E-state index < -0.39 is 35.7 Å². The molecule has 35 heavy (non-hydrogen) atoms. The smallest absolute Gasteiger partial charge is 0.329 e. The van der Waals surface area contributed by atoms with Crippen molar-refractivity contribution in [3.8, 4) is 11.5 Å². The molecule has 2 fully saturated rings. The lowest BCUT2D eigenvalue weighted by atomic mass is 9.63. The molecule has 0 unspecified atom stereocenters. The van der Waals surface area contributed by atoms with E-state index in [4.69, 9.17) is 28.8 Å². The van der Waals surface area contributed by atoms with E-state index in [-0.39, 0.29) is 37.7 Å². The highest BCUT2D eigenvalue weighted by molar-refractivity contribution is 5.82. The van der Waals surface area contributed by atoms with Crippen LogP contribution in [0.2, 0.25) is 0 Å². The number of methoxy groups -OCH3 is 1. The van der Waals surface area contributed by atoms with Gasteiger partial charge in [0.15, 0.2) is 0 Å². The number of carbonyl (C=O) groups is 3. The van der Waals surface area contributed by atoms with E-state index >= 15 is 0 Å². The number of fused-ring (bicyclic) bond motifs is 4. The lowest BCUT2D eigenvalue weighted by Gasteiger charge is -2.57. The van der Waals surface area contributed by atoms with E-state index in [9.17, 15) is 14.4 Å². The number of ether oxygens (including phenoxy) is 5. The second kappa shape index (κ2) is 9.66. The number of hydrogen-bond donors (Lipinski definition) is 1. The third-order valence-electron chi connectivity index (χ3n) is 7.29. The lowest BCUT2D eigenvalue weighted by molar-refractivity contribution is -0.231. The van der Waals surface area contributed by atoms with Crippen LogP contribution in [0.4, 0.5) is 0 Å². The second-order valence-electron chi connectivity index (χ2n) is 9.83. The van der Waals surface area contributed by atoms with Crippen LogP contribution in [0.5, 0.6) is 11.5 Å². The van der Waals surface area contributed by atoms with Crippen LogP contribution >= 0.6 is 0 Å². The molecular formula is C25H33NO9. The molecule has 0 spiro atoms. The summed E-state index contributed by atoms with van der Waals surface area (Å²) in [6.45, 7) is 5.45. The normalized spacial score (nSPS) is 28.6. The fourth-order valence-electron chi connectivity index (χ4n) is 5.55. The highest BCUT2D eigenvalue weighted by Crippen LogP contribution is 2.57. The van der Waals surface area contributed by atoms with Gasteiger partial charge in [-0.2, -0.15) is 0 Å². The maximum atomic E-state index is 13.4. The Morgan fingerprint density at radius 3 is 2.69 bits per heavy atom. The lowest BCUT2D eigenvalue weighted by Crippen LogP contribution is -2.64. The molecule has 3 aliphatic rings. The molecule has 0 aromatic heterocycles. The minimum atomic E-state index is -1.15. The van der Waals surface area contributed by atoms with E-state index in [2.05, 4.69) is 0 Å². The third-order valence-corrected chi connectivity index (χ3v) is 7.29. The van der Waals surface area contributed by atoms with Gasteiger partial charge in [-0.05, 0) is 51.8 Å². The van der Waals surface area contributed by atoms with Crippen molar-refractivity contribution in [3.63, 3.8) is 0 Å². The van der Waals surface area contributed by atoms with Crippen LogP contribution in [0.15, 0.2) is 18.2 Å². The minimum absolute atomic E-state index is 0.107. The fourth-order valence-corrected chi connectivity index (χ4v) is 5.55. The van der Waals surface area contributed by atoms with Crippen molar-refractivity contribution in [1.29, 1.82) is 0 Å². The van der Waals surface area contributed by atoms with Crippen LogP contribution in [0, 0.1) is 11.3 Å². The highest BCUT2D eigenvalue weighted by atomic mass is 16.6. The van der Waals surface area contributed by atoms with Gasteiger partial charge >= 0.3 is 11.9 Å². The molecule has 1 aromatic rings. The molecule has 3 heterocycles. The summed E-state index contributed by atoms with van der Waals surface area (Å²) in [7, 11) is 1.60. The zero-order valence-electron chi connectivity index (χ0n) is 20.6. The highest BCUT2D eigenvalue weighted by Gasteiger charge is 2.61. The van der Waals surface area contributed by atoms with E-state index in [1.165, 1.54) is 0 Å². The number of rotatable bonds is 7. The quantitative estimate of drug-likeness (QED) is 0.572. The topological polar surface area (TPSA) is 121 Å². The Balaban J connectivity index is 1.65. The average Bonchev–Trinajstić information content (AvgIpc) is 2.82. The average molecular weight is 492 g/mol. The second-order valence-corrected chi connectivity index (χ2v) is 9.83. The number of nitrogens with zero attached hydrogens (tertiary/aromatic N) is 1. The summed E-state index contributed by atoms with van der Waals surface area (Å²) < 4.78 is 29.0. The number of carboxylic acids is 1. The summed E-state index contributed by atoms with van der Waals surface area (Å²) in [5, 5.41) is 8.78. The SMILES string of the molecule is CCOC(=O)[C@]12C[C@H]3[C@H](O[C@H]1CCN(C(=O)COCC(=O)O)C2)c1cc(OC)ccc1OC3(C)C. The van der Waals surface area contributed by atoms with Crippen LogP contribution in [-0.4, -0.2) is 79.6 Å². The van der Waals surface area contributed by atoms with Crippen LogP contribution in [-0.2, 0) is 28.6 Å². The molecule has 3 aliphatic heterocycles. The summed E-state index contributed by atoms with van der Waals surface area (Å²) in [4.78, 5) is 38.5. The number of benzene rings is 1. The van der Waals surface area contributed by atoms with Crippen molar-refractivity contribution in [2.45, 2.75) is 51.4 Å². The first-order valence-electron chi connectivity index (χ1n) is 11.9. The Kier molecular flexibility index (Phi) is 6.97. The number of aliphatic carboxylic acids is 1. The van der Waals surface area contributed by atoms with Gasteiger partial charge in [0.2, 0.25) is 5.91 Å². The van der Waals surface area contributed by atoms with Gasteiger partial charge in [-0.3, -0.25) is 9.59 Å². The summed E-state index contributed by atoms with van der Waals surface area (Å²) in [6.07, 6.45) is 0.0787. The Bertz CT molecular complexity index is 993. The molecule has 192 valence electrons. The number of piperidine rings is 1. The Morgan fingerprint density at radius 1 is 1.23 bits per heavy atom. The van der Waals surface area contributed by atoms with E-state index in [1.807, 2.05) is 32.0 Å². The zero-order valence-corrected chi connectivity index (χ0v) is 20.6. The van der Waals surface area contributed by atoms with Crippen molar-refractivity contribution >= 4 is 17.8 Å². The van der Waals surface area contributed by atoms with Crippen LogP contribution in [0.3, 0.4) is 0 Å². The monoisotopic (exact) mass is 491 g/mol. The molecule has 1 N–H and O–H groups in total. The number of carbonyl (C=O) groups excluding carboxylic acids is 2. The first kappa shape index (κ1) is 25.2. The predicted octanol–water partition coefficient (Wildman–Crippen LogP) is 2.20. The molecule has 1 amide bonds. The summed E-state index contributed by atoms with van der Waals surface area (Å²) in [5.74, 6) is -0.699. The molecular weight excluding hydrogens is 458 g/mol.